The van der Waals surface area contributed by atoms with Crippen LogP contribution in [-0.2, 0) is 47.4 Å². The fourth-order valence-electron chi connectivity index (χ4n) is 7.37. The van der Waals surface area contributed by atoms with Crippen LogP contribution < -0.4 is 5.32 Å². The summed E-state index contributed by atoms with van der Waals surface area (Å²) in [5.41, 5.74) is 0. The lowest BCUT2D eigenvalue weighted by Crippen LogP contribution is -2.70. The third-order valence-electron chi connectivity index (χ3n) is 10.7. The van der Waals surface area contributed by atoms with Crippen LogP contribution in [0.2, 0.25) is 0 Å². The van der Waals surface area contributed by atoms with Gasteiger partial charge in [-0.15, -0.1) is 0 Å². The van der Waals surface area contributed by atoms with Crippen LogP contribution in [0.3, 0.4) is 0 Å². The van der Waals surface area contributed by atoms with E-state index < -0.39 is 186 Å². The SMILES string of the molecule is CC(=O)N[C@H]1[C@H](O[C@H]2[C@@H](O)[C@@H](CO)O[C@@H](O[C@H]3[C@H](O)[C@@H](O)[C@H](O)O[C@@H]3CO)[C@@H]2O)O[C@H](CO)[C@@H](O[C@@H]2O[C@H](CO)[C@H](O)[C@H](O[C@H]3O[C@H](C)[C@H](O)[C@H](O)[C@H]3O)[C@H]2O)[C@@H]1O. The molecule has 0 bridgehead atoms. The molecule has 58 heavy (non-hydrogen) atoms. The number of rotatable bonds is 13. The third-order valence-corrected chi connectivity index (χ3v) is 10.7. The average Bonchev–Trinajstić information content (AvgIpc) is 3.19. The number of hydrogen-bond donors (Lipinski definition) is 16. The van der Waals surface area contributed by atoms with Crippen LogP contribution in [0, 0.1) is 0 Å². The van der Waals surface area contributed by atoms with Crippen molar-refractivity contribution in [2.45, 2.75) is 167 Å². The molecule has 0 unspecified atom stereocenters. The van der Waals surface area contributed by atoms with Crippen molar-refractivity contribution in [2.24, 2.45) is 0 Å². The number of aliphatic hydroxyl groups excluding tert-OH is 15. The van der Waals surface area contributed by atoms with Gasteiger partial charge in [0, 0.05) is 6.92 Å². The standard InChI is InChI=1S/C32H55NO25/c1-7-14(39)18(43)21(46)30(50-7)58-27-16(41)10(4-35)52-31(23(27)48)55-24-12(6-37)54-29(13(17(24)42)33-8(2)38)57-26-15(40)9(3-34)53-32(22(26)47)56-25-11(5-36)51-28(49)20(45)19(25)44/h7,9-32,34-37,39-49H,3-6H2,1-2H3,(H,33,38)/t7-,9-,10-,11-,12-,13-,14+,15+,16+,17-,18+,19-,20-,21-,22-,23-,24-,25-,26+,27+,28-,29+,30-,31+,32+/m1/s1. The van der Waals surface area contributed by atoms with Crippen LogP contribution in [0.25, 0.3) is 0 Å². The second-order valence-corrected chi connectivity index (χ2v) is 14.7. The zero-order valence-corrected chi connectivity index (χ0v) is 31.1. The smallest absolute Gasteiger partial charge is 0.217 e. The van der Waals surface area contributed by atoms with Crippen molar-refractivity contribution in [1.29, 1.82) is 0 Å². The highest BCUT2D eigenvalue weighted by atomic mass is 16.8. The Bertz CT molecular complexity index is 1310. The van der Waals surface area contributed by atoms with Crippen LogP contribution in [-0.4, -0.2) is 262 Å². The van der Waals surface area contributed by atoms with Crippen molar-refractivity contribution >= 4 is 5.91 Å². The molecule has 5 rings (SSSR count). The van der Waals surface area contributed by atoms with E-state index >= 15 is 0 Å². The minimum Gasteiger partial charge on any atom is -0.394 e. The molecule has 5 fully saturated rings. The van der Waals surface area contributed by atoms with Crippen LogP contribution in [0.15, 0.2) is 0 Å². The Morgan fingerprint density at radius 1 is 0.448 bits per heavy atom. The summed E-state index contributed by atoms with van der Waals surface area (Å²) < 4.78 is 50.2. The summed E-state index contributed by atoms with van der Waals surface area (Å²) in [5, 5.41) is 160. The van der Waals surface area contributed by atoms with E-state index in [1.54, 1.807) is 0 Å². The Morgan fingerprint density at radius 2 is 0.862 bits per heavy atom. The predicted octanol–water partition coefficient (Wildman–Crippen LogP) is -10.8. The van der Waals surface area contributed by atoms with Gasteiger partial charge < -0.3 is 125 Å². The van der Waals surface area contributed by atoms with E-state index in [1.165, 1.54) is 6.92 Å². The number of carbonyl (C=O) groups is 1. The minimum absolute atomic E-state index is 0.800. The van der Waals surface area contributed by atoms with E-state index in [2.05, 4.69) is 5.32 Å². The van der Waals surface area contributed by atoms with Gasteiger partial charge in [0.25, 0.3) is 0 Å². The minimum atomic E-state index is -2.07. The molecule has 0 radical (unpaired) electrons. The molecule has 26 nitrogen and oxygen atoms in total. The second kappa shape index (κ2) is 20.1. The highest BCUT2D eigenvalue weighted by molar-refractivity contribution is 5.73. The summed E-state index contributed by atoms with van der Waals surface area (Å²) in [6.07, 6.45) is -42.7. The van der Waals surface area contributed by atoms with Crippen LogP contribution in [0.5, 0.6) is 0 Å². The Morgan fingerprint density at radius 3 is 1.34 bits per heavy atom. The highest BCUT2D eigenvalue weighted by Crippen LogP contribution is 2.35. The van der Waals surface area contributed by atoms with Gasteiger partial charge in [-0.25, -0.2) is 0 Å². The predicted molar refractivity (Wildman–Crippen MR) is 177 cm³/mol. The van der Waals surface area contributed by atoms with E-state index in [4.69, 9.17) is 42.6 Å². The fraction of sp³-hybridized carbons (Fsp3) is 0.969. The van der Waals surface area contributed by atoms with Gasteiger partial charge in [-0.1, -0.05) is 0 Å². The summed E-state index contributed by atoms with van der Waals surface area (Å²) in [4.78, 5) is 12.4. The average molecular weight is 854 g/mol. The van der Waals surface area contributed by atoms with Crippen LogP contribution in [0.1, 0.15) is 13.8 Å². The Kier molecular flexibility index (Phi) is 16.5. The lowest BCUT2D eigenvalue weighted by atomic mass is 9.94. The quantitative estimate of drug-likeness (QED) is 0.0818. The molecule has 25 atom stereocenters. The molecule has 5 aliphatic heterocycles. The van der Waals surface area contributed by atoms with Crippen molar-refractivity contribution in [3.8, 4) is 0 Å². The summed E-state index contributed by atoms with van der Waals surface area (Å²) in [6, 6.07) is -1.70. The first kappa shape index (κ1) is 47.6. The van der Waals surface area contributed by atoms with Gasteiger partial charge in [-0.2, -0.15) is 0 Å². The van der Waals surface area contributed by atoms with E-state index in [0.717, 1.165) is 6.92 Å². The molecule has 338 valence electrons. The number of aliphatic hydroxyl groups is 15. The van der Waals surface area contributed by atoms with Crippen molar-refractivity contribution < 1.29 is 124 Å². The Labute approximate surface area is 329 Å². The lowest BCUT2D eigenvalue weighted by Gasteiger charge is -2.50. The zero-order valence-electron chi connectivity index (χ0n) is 31.1. The molecule has 0 spiro atoms. The van der Waals surface area contributed by atoms with Crippen LogP contribution in [0.4, 0.5) is 0 Å². The van der Waals surface area contributed by atoms with Gasteiger partial charge in [0.2, 0.25) is 5.91 Å². The maximum atomic E-state index is 12.4. The zero-order chi connectivity index (χ0) is 42.9. The second-order valence-electron chi connectivity index (χ2n) is 14.7. The van der Waals surface area contributed by atoms with E-state index in [1.807, 2.05) is 0 Å². The fourth-order valence-corrected chi connectivity index (χ4v) is 7.37. The van der Waals surface area contributed by atoms with Crippen molar-refractivity contribution in [1.82, 2.24) is 5.32 Å². The van der Waals surface area contributed by atoms with Crippen molar-refractivity contribution in [2.75, 3.05) is 26.4 Å². The first-order valence-corrected chi connectivity index (χ1v) is 18.5. The van der Waals surface area contributed by atoms with E-state index in [0.29, 0.717) is 0 Å². The molecule has 26 heteroatoms. The topological polar surface area (TPSA) is 416 Å². The largest absolute Gasteiger partial charge is 0.394 e. The van der Waals surface area contributed by atoms with Gasteiger partial charge >= 0.3 is 0 Å². The number of hydrogen-bond acceptors (Lipinski definition) is 25. The maximum Gasteiger partial charge on any atom is 0.217 e. The van der Waals surface area contributed by atoms with Crippen LogP contribution >= 0.6 is 0 Å². The third kappa shape index (κ3) is 9.75. The van der Waals surface area contributed by atoms with Gasteiger partial charge in [-0.3, -0.25) is 4.79 Å². The number of carbonyl (C=O) groups excluding carboxylic acids is 1. The summed E-state index contributed by atoms with van der Waals surface area (Å²) in [5.74, 6) is -0.800. The van der Waals surface area contributed by atoms with Gasteiger partial charge in [0.1, 0.15) is 116 Å². The molecule has 5 aliphatic rings. The highest BCUT2D eigenvalue weighted by Gasteiger charge is 2.56. The molecule has 0 saturated carbocycles. The number of amides is 1. The molecule has 5 heterocycles. The Hall–Kier alpha value is -1.49. The first-order valence-electron chi connectivity index (χ1n) is 18.5. The van der Waals surface area contributed by atoms with Crippen molar-refractivity contribution in [3.63, 3.8) is 0 Å². The molecule has 0 aromatic rings. The Balaban J connectivity index is 1.35. The molecule has 5 saturated heterocycles. The first-order chi connectivity index (χ1) is 27.4. The van der Waals surface area contributed by atoms with Crippen molar-refractivity contribution in [3.05, 3.63) is 0 Å². The van der Waals surface area contributed by atoms with E-state index in [9.17, 15) is 81.4 Å². The van der Waals surface area contributed by atoms with Gasteiger partial charge in [-0.05, 0) is 6.92 Å². The number of ether oxygens (including phenoxy) is 9. The summed E-state index contributed by atoms with van der Waals surface area (Å²) in [6.45, 7) is -1.29. The normalized spacial score (nSPS) is 51.6. The molecule has 0 aromatic heterocycles. The lowest BCUT2D eigenvalue weighted by molar-refractivity contribution is -0.386. The summed E-state index contributed by atoms with van der Waals surface area (Å²) in [7, 11) is 0. The maximum absolute atomic E-state index is 12.4. The molecule has 0 aromatic carbocycles. The molecule has 0 aliphatic carbocycles. The molecule has 1 amide bonds. The molecular formula is C32H55NO25. The number of nitrogens with one attached hydrogen (secondary N) is 1. The van der Waals surface area contributed by atoms with Gasteiger partial charge in [0.05, 0.1) is 32.5 Å². The molecular weight excluding hydrogens is 798 g/mol. The molecule has 16 N–H and O–H groups in total. The summed E-state index contributed by atoms with van der Waals surface area (Å²) >= 11 is 0. The monoisotopic (exact) mass is 853 g/mol. The van der Waals surface area contributed by atoms with Gasteiger partial charge in [0.15, 0.2) is 31.5 Å². The van der Waals surface area contributed by atoms with E-state index in [-0.39, 0.29) is 0 Å².